The number of hydrogen-bond acceptors (Lipinski definition) is 2. The first-order valence-corrected chi connectivity index (χ1v) is 5.66. The van der Waals surface area contributed by atoms with Gasteiger partial charge in [0.2, 0.25) is 0 Å². The summed E-state index contributed by atoms with van der Waals surface area (Å²) in [5, 5.41) is 0. The fourth-order valence-electron chi connectivity index (χ4n) is 1.12. The van der Waals surface area contributed by atoms with Gasteiger partial charge in [-0.1, -0.05) is 24.3 Å². The van der Waals surface area contributed by atoms with E-state index in [1.807, 2.05) is 42.5 Å². The molecule has 0 bridgehead atoms. The molecular weight excluding hydrogens is 208 g/mol. The van der Waals surface area contributed by atoms with Crippen LogP contribution in [0.1, 0.15) is 0 Å². The third kappa shape index (κ3) is 2.63. The molecule has 1 heterocycles. The van der Waals surface area contributed by atoms with Crippen molar-refractivity contribution in [2.45, 2.75) is 4.90 Å². The number of benzene rings is 1. The zero-order valence-corrected chi connectivity index (χ0v) is 8.78. The lowest BCUT2D eigenvalue weighted by atomic mass is 10.4. The van der Waals surface area contributed by atoms with Crippen molar-refractivity contribution in [1.82, 2.24) is 4.98 Å². The molecular formula is C11H10N2OS. The second-order valence-corrected chi connectivity index (χ2v) is 4.11. The van der Waals surface area contributed by atoms with Gasteiger partial charge in [0.1, 0.15) is 5.82 Å². The molecule has 0 spiro atoms. The Kier molecular flexibility index (Phi) is 3.09. The van der Waals surface area contributed by atoms with E-state index in [1.165, 1.54) is 0 Å². The second-order valence-electron chi connectivity index (χ2n) is 2.90. The lowest BCUT2D eigenvalue weighted by Gasteiger charge is -2.03. The molecule has 1 unspecified atom stereocenters. The summed E-state index contributed by atoms with van der Waals surface area (Å²) in [6.07, 6.45) is 1.66. The molecule has 0 saturated heterocycles. The topological polar surface area (TPSA) is 42.0 Å². The maximum atomic E-state index is 11.8. The Hall–Kier alpha value is -1.68. The van der Waals surface area contributed by atoms with Crippen LogP contribution in [0.25, 0.3) is 0 Å². The minimum atomic E-state index is -1.25. The summed E-state index contributed by atoms with van der Waals surface area (Å²) in [4.78, 5) is 4.78. The van der Waals surface area contributed by atoms with Crippen molar-refractivity contribution in [1.29, 1.82) is 0 Å². The molecule has 0 aliphatic heterocycles. The molecule has 1 aromatic carbocycles. The van der Waals surface area contributed by atoms with E-state index in [2.05, 4.69) is 9.71 Å². The van der Waals surface area contributed by atoms with Gasteiger partial charge >= 0.3 is 0 Å². The van der Waals surface area contributed by atoms with E-state index < -0.39 is 11.0 Å². The number of pyridine rings is 1. The summed E-state index contributed by atoms with van der Waals surface area (Å²) in [6.45, 7) is 0. The Morgan fingerprint density at radius 2 is 1.73 bits per heavy atom. The van der Waals surface area contributed by atoms with E-state index in [0.29, 0.717) is 5.82 Å². The van der Waals surface area contributed by atoms with Gasteiger partial charge in [0.25, 0.3) is 0 Å². The van der Waals surface area contributed by atoms with Crippen molar-refractivity contribution < 1.29 is 4.21 Å². The van der Waals surface area contributed by atoms with Gasteiger partial charge in [0.15, 0.2) is 11.0 Å². The average Bonchev–Trinajstić information content (AvgIpc) is 2.31. The van der Waals surface area contributed by atoms with Crippen LogP contribution in [0.15, 0.2) is 59.6 Å². The first-order chi connectivity index (χ1) is 7.36. The average molecular weight is 218 g/mol. The second kappa shape index (κ2) is 4.70. The van der Waals surface area contributed by atoms with Gasteiger partial charge in [-0.2, -0.15) is 0 Å². The van der Waals surface area contributed by atoms with Crippen molar-refractivity contribution in [2.75, 3.05) is 4.72 Å². The summed E-state index contributed by atoms with van der Waals surface area (Å²) < 4.78 is 14.6. The minimum absolute atomic E-state index is 0.611. The van der Waals surface area contributed by atoms with Crippen molar-refractivity contribution in [3.05, 3.63) is 54.7 Å². The third-order valence-electron chi connectivity index (χ3n) is 1.82. The van der Waals surface area contributed by atoms with Crippen LogP contribution in [0, 0.1) is 0 Å². The smallest absolute Gasteiger partial charge is 0.151 e. The van der Waals surface area contributed by atoms with Crippen molar-refractivity contribution in [3.63, 3.8) is 0 Å². The normalized spacial score (nSPS) is 12.0. The number of rotatable bonds is 3. The van der Waals surface area contributed by atoms with Crippen LogP contribution in [-0.2, 0) is 11.0 Å². The Bertz CT molecular complexity index is 445. The van der Waals surface area contributed by atoms with Gasteiger partial charge in [-0.3, -0.25) is 4.72 Å². The largest absolute Gasteiger partial charge is 0.285 e. The number of hydrogen-bond donors (Lipinski definition) is 1. The summed E-state index contributed by atoms with van der Waals surface area (Å²) >= 11 is 0. The summed E-state index contributed by atoms with van der Waals surface area (Å²) in [7, 11) is -1.25. The van der Waals surface area contributed by atoms with Gasteiger partial charge in [-0.05, 0) is 24.3 Å². The van der Waals surface area contributed by atoms with E-state index in [0.717, 1.165) is 4.90 Å². The Balaban J connectivity index is 2.12. The molecule has 0 aliphatic rings. The van der Waals surface area contributed by atoms with Crippen LogP contribution in [-0.4, -0.2) is 9.19 Å². The molecule has 2 aromatic rings. The molecule has 1 aromatic heterocycles. The highest BCUT2D eigenvalue weighted by Crippen LogP contribution is 2.08. The fraction of sp³-hybridized carbons (Fsp3) is 0. The van der Waals surface area contributed by atoms with Gasteiger partial charge in [-0.25, -0.2) is 9.19 Å². The monoisotopic (exact) mass is 218 g/mol. The third-order valence-corrected chi connectivity index (χ3v) is 2.91. The molecule has 0 radical (unpaired) electrons. The number of aromatic nitrogens is 1. The molecule has 2 rings (SSSR count). The van der Waals surface area contributed by atoms with Crippen molar-refractivity contribution in [2.24, 2.45) is 0 Å². The molecule has 1 N–H and O–H groups in total. The van der Waals surface area contributed by atoms with Gasteiger partial charge < -0.3 is 0 Å². The Morgan fingerprint density at radius 1 is 1.00 bits per heavy atom. The van der Waals surface area contributed by atoms with Crippen LogP contribution in [0.3, 0.4) is 0 Å². The Labute approximate surface area is 90.8 Å². The van der Waals surface area contributed by atoms with E-state index in [-0.39, 0.29) is 0 Å². The predicted molar refractivity (Wildman–Crippen MR) is 60.7 cm³/mol. The minimum Gasteiger partial charge on any atom is -0.285 e. The fourth-order valence-corrected chi connectivity index (χ4v) is 1.95. The van der Waals surface area contributed by atoms with Gasteiger partial charge in [0.05, 0.1) is 4.90 Å². The molecule has 1 atom stereocenters. The van der Waals surface area contributed by atoms with Gasteiger partial charge in [-0.15, -0.1) is 0 Å². The van der Waals surface area contributed by atoms with Crippen molar-refractivity contribution in [3.8, 4) is 0 Å². The van der Waals surface area contributed by atoms with E-state index in [9.17, 15) is 4.21 Å². The molecule has 3 nitrogen and oxygen atoms in total. The van der Waals surface area contributed by atoms with Crippen molar-refractivity contribution >= 4 is 16.8 Å². The molecule has 0 amide bonds. The maximum absolute atomic E-state index is 11.8. The van der Waals surface area contributed by atoms with Crippen LogP contribution in [0.5, 0.6) is 0 Å². The Morgan fingerprint density at radius 3 is 2.40 bits per heavy atom. The zero-order valence-electron chi connectivity index (χ0n) is 7.96. The first kappa shape index (κ1) is 9.86. The molecule has 76 valence electrons. The molecule has 0 saturated carbocycles. The standard InChI is InChI=1S/C11H10N2OS/c14-15(10-6-2-1-3-7-10)13-11-8-4-5-9-12-11/h1-9H,(H,12,13). The van der Waals surface area contributed by atoms with E-state index in [4.69, 9.17) is 0 Å². The van der Waals surface area contributed by atoms with E-state index in [1.54, 1.807) is 12.3 Å². The molecule has 15 heavy (non-hydrogen) atoms. The number of anilines is 1. The SMILES string of the molecule is O=S(Nc1ccccn1)c1ccccc1. The van der Waals surface area contributed by atoms with Gasteiger partial charge in [0, 0.05) is 6.20 Å². The summed E-state index contributed by atoms with van der Waals surface area (Å²) in [5.74, 6) is 0.611. The molecule has 4 heteroatoms. The van der Waals surface area contributed by atoms with Crippen LogP contribution < -0.4 is 4.72 Å². The highest BCUT2D eigenvalue weighted by atomic mass is 32.2. The number of nitrogens with zero attached hydrogens (tertiary/aromatic N) is 1. The zero-order chi connectivity index (χ0) is 10.5. The predicted octanol–water partition coefficient (Wildman–Crippen LogP) is 2.22. The quantitative estimate of drug-likeness (QED) is 0.858. The van der Waals surface area contributed by atoms with Crippen LogP contribution in [0.4, 0.5) is 5.82 Å². The highest BCUT2D eigenvalue weighted by molar-refractivity contribution is 7.86. The lowest BCUT2D eigenvalue weighted by Crippen LogP contribution is -2.05. The highest BCUT2D eigenvalue weighted by Gasteiger charge is 2.02. The van der Waals surface area contributed by atoms with Crippen LogP contribution in [0.2, 0.25) is 0 Å². The maximum Gasteiger partial charge on any atom is 0.151 e. The summed E-state index contributed by atoms with van der Waals surface area (Å²) in [5.41, 5.74) is 0. The summed E-state index contributed by atoms with van der Waals surface area (Å²) in [6, 6.07) is 14.7. The number of nitrogens with one attached hydrogen (secondary N) is 1. The lowest BCUT2D eigenvalue weighted by molar-refractivity contribution is 0.686. The van der Waals surface area contributed by atoms with Crippen LogP contribution >= 0.6 is 0 Å². The first-order valence-electron chi connectivity index (χ1n) is 4.51. The molecule has 0 fully saturated rings. The molecule has 0 aliphatic carbocycles. The van der Waals surface area contributed by atoms with E-state index >= 15 is 0 Å².